The van der Waals surface area contributed by atoms with Crippen LogP contribution in [0.1, 0.15) is 5.56 Å². The number of rotatable bonds is 6. The van der Waals surface area contributed by atoms with E-state index in [-0.39, 0.29) is 5.91 Å². The highest BCUT2D eigenvalue weighted by Gasteiger charge is 2.15. The minimum atomic E-state index is 0.0330. The first-order valence-corrected chi connectivity index (χ1v) is 9.83. The van der Waals surface area contributed by atoms with Crippen molar-refractivity contribution in [3.05, 3.63) is 52.4 Å². The fourth-order valence-corrected chi connectivity index (χ4v) is 4.10. The zero-order valence-corrected chi connectivity index (χ0v) is 16.2. The number of carbonyl (C=O) groups is 1. The van der Waals surface area contributed by atoms with Crippen molar-refractivity contribution in [2.45, 2.75) is 11.7 Å². The highest BCUT2D eigenvalue weighted by molar-refractivity contribution is 7.99. The highest BCUT2D eigenvalue weighted by Crippen LogP contribution is 2.26. The van der Waals surface area contributed by atoms with Crippen LogP contribution in [0, 0.1) is 0 Å². The number of hydrogen-bond acceptors (Lipinski definition) is 5. The first-order chi connectivity index (χ1) is 12.0. The van der Waals surface area contributed by atoms with Crippen molar-refractivity contribution >= 4 is 40.6 Å². The molecule has 0 radical (unpaired) electrons. The minimum Gasteiger partial charge on any atom is -0.341 e. The molecule has 8 heteroatoms. The van der Waals surface area contributed by atoms with Gasteiger partial charge in [0.2, 0.25) is 5.91 Å². The van der Waals surface area contributed by atoms with Crippen LogP contribution in [-0.2, 0) is 18.4 Å². The van der Waals surface area contributed by atoms with Gasteiger partial charge in [-0.1, -0.05) is 41.6 Å². The summed E-state index contributed by atoms with van der Waals surface area (Å²) in [6, 6.07) is 11.5. The molecule has 0 aliphatic heterocycles. The molecule has 3 aromatic rings. The lowest BCUT2D eigenvalue weighted by Gasteiger charge is -2.17. The van der Waals surface area contributed by atoms with E-state index in [0.29, 0.717) is 17.3 Å². The maximum absolute atomic E-state index is 12.4. The van der Waals surface area contributed by atoms with Crippen molar-refractivity contribution in [2.24, 2.45) is 7.05 Å². The second-order valence-electron chi connectivity index (χ2n) is 5.51. The molecular weight excluding hydrogens is 376 g/mol. The van der Waals surface area contributed by atoms with Crippen LogP contribution in [0.5, 0.6) is 0 Å². The van der Waals surface area contributed by atoms with Gasteiger partial charge in [-0.15, -0.1) is 21.5 Å². The number of hydrogen-bond donors (Lipinski definition) is 0. The van der Waals surface area contributed by atoms with Gasteiger partial charge in [0, 0.05) is 25.7 Å². The van der Waals surface area contributed by atoms with Gasteiger partial charge in [-0.25, -0.2) is 0 Å². The fraction of sp³-hybridized carbons (Fsp3) is 0.235. The summed E-state index contributed by atoms with van der Waals surface area (Å²) in [5, 5.41) is 11.8. The van der Waals surface area contributed by atoms with Gasteiger partial charge in [-0.05, 0) is 29.1 Å². The van der Waals surface area contributed by atoms with Gasteiger partial charge in [0.25, 0.3) is 0 Å². The first-order valence-electron chi connectivity index (χ1n) is 7.59. The minimum absolute atomic E-state index is 0.0330. The van der Waals surface area contributed by atoms with Gasteiger partial charge in [0.15, 0.2) is 11.0 Å². The van der Waals surface area contributed by atoms with Crippen LogP contribution in [0.25, 0.3) is 10.7 Å². The normalized spacial score (nSPS) is 10.8. The summed E-state index contributed by atoms with van der Waals surface area (Å²) in [6.45, 7) is 0.527. The summed E-state index contributed by atoms with van der Waals surface area (Å²) in [5.41, 5.74) is 1.01. The maximum atomic E-state index is 12.4. The van der Waals surface area contributed by atoms with E-state index in [1.165, 1.54) is 11.8 Å². The zero-order valence-electron chi connectivity index (χ0n) is 13.8. The van der Waals surface area contributed by atoms with Gasteiger partial charge in [0.05, 0.1) is 10.6 Å². The molecule has 0 fully saturated rings. The standard InChI is InChI=1S/C17H17ClN4OS2/c1-21(10-12-5-3-6-13(18)9-12)15(23)11-25-17-20-19-16(22(17)2)14-7-4-8-24-14/h3-9H,10-11H2,1-2H3. The molecular formula is C17H17ClN4OS2. The van der Waals surface area contributed by atoms with Crippen molar-refractivity contribution in [3.8, 4) is 10.7 Å². The van der Waals surface area contributed by atoms with Gasteiger partial charge >= 0.3 is 0 Å². The molecule has 0 atom stereocenters. The molecule has 0 saturated heterocycles. The topological polar surface area (TPSA) is 51.0 Å². The third-order valence-corrected chi connectivity index (χ3v) is 5.74. The summed E-state index contributed by atoms with van der Waals surface area (Å²) in [5.74, 6) is 1.16. The average Bonchev–Trinajstić information content (AvgIpc) is 3.22. The number of aromatic nitrogens is 3. The Morgan fingerprint density at radius 3 is 2.88 bits per heavy atom. The number of halogens is 1. The largest absolute Gasteiger partial charge is 0.341 e. The molecule has 1 amide bonds. The Labute approximate surface area is 159 Å². The molecule has 3 rings (SSSR count). The number of carbonyl (C=O) groups excluding carboxylic acids is 1. The first kappa shape index (κ1) is 18.0. The lowest BCUT2D eigenvalue weighted by Crippen LogP contribution is -2.27. The Hall–Kier alpha value is -1.83. The number of thioether (sulfide) groups is 1. The lowest BCUT2D eigenvalue weighted by molar-refractivity contribution is -0.127. The average molecular weight is 393 g/mol. The third-order valence-electron chi connectivity index (χ3n) is 3.64. The molecule has 25 heavy (non-hydrogen) atoms. The summed E-state index contributed by atoms with van der Waals surface area (Å²) < 4.78 is 1.92. The smallest absolute Gasteiger partial charge is 0.233 e. The lowest BCUT2D eigenvalue weighted by atomic mass is 10.2. The van der Waals surface area contributed by atoms with Gasteiger partial charge in [0.1, 0.15) is 0 Å². The van der Waals surface area contributed by atoms with Crippen LogP contribution in [-0.4, -0.2) is 38.4 Å². The molecule has 130 valence electrons. The molecule has 0 spiro atoms. The molecule has 0 bridgehead atoms. The van der Waals surface area contributed by atoms with Crippen LogP contribution < -0.4 is 0 Å². The molecule has 1 aromatic carbocycles. The van der Waals surface area contributed by atoms with Gasteiger partial charge in [-0.2, -0.15) is 0 Å². The van der Waals surface area contributed by atoms with E-state index in [9.17, 15) is 4.79 Å². The second kappa shape index (κ2) is 8.03. The number of amides is 1. The molecule has 5 nitrogen and oxygen atoms in total. The summed E-state index contributed by atoms with van der Waals surface area (Å²) in [6.07, 6.45) is 0. The van der Waals surface area contributed by atoms with E-state index in [1.54, 1.807) is 23.3 Å². The van der Waals surface area contributed by atoms with E-state index in [2.05, 4.69) is 10.2 Å². The van der Waals surface area contributed by atoms with E-state index in [1.807, 2.05) is 53.4 Å². The van der Waals surface area contributed by atoms with Crippen LogP contribution in [0.4, 0.5) is 0 Å². The Balaban J connectivity index is 1.59. The monoisotopic (exact) mass is 392 g/mol. The van der Waals surface area contributed by atoms with Crippen molar-refractivity contribution in [3.63, 3.8) is 0 Å². The summed E-state index contributed by atoms with van der Waals surface area (Å²) in [4.78, 5) is 15.1. The zero-order chi connectivity index (χ0) is 17.8. The van der Waals surface area contributed by atoms with Crippen LogP contribution in [0.3, 0.4) is 0 Å². The van der Waals surface area contributed by atoms with Crippen LogP contribution >= 0.6 is 34.7 Å². The van der Waals surface area contributed by atoms with Crippen LogP contribution in [0.2, 0.25) is 5.02 Å². The Morgan fingerprint density at radius 1 is 1.32 bits per heavy atom. The Kier molecular flexibility index (Phi) is 5.78. The summed E-state index contributed by atoms with van der Waals surface area (Å²) in [7, 11) is 3.70. The van der Waals surface area contributed by atoms with E-state index < -0.39 is 0 Å². The predicted molar refractivity (Wildman–Crippen MR) is 103 cm³/mol. The van der Waals surface area contributed by atoms with Crippen molar-refractivity contribution in [2.75, 3.05) is 12.8 Å². The predicted octanol–water partition coefficient (Wildman–Crippen LogP) is 3.95. The van der Waals surface area contributed by atoms with Gasteiger partial charge in [-0.3, -0.25) is 4.79 Å². The summed E-state index contributed by atoms with van der Waals surface area (Å²) >= 11 is 9.00. The Bertz CT molecular complexity index is 863. The second-order valence-corrected chi connectivity index (χ2v) is 7.84. The molecule has 0 unspecified atom stereocenters. The van der Waals surface area contributed by atoms with E-state index in [0.717, 1.165) is 21.4 Å². The number of thiophene rings is 1. The highest BCUT2D eigenvalue weighted by atomic mass is 35.5. The molecule has 0 saturated carbocycles. The molecule has 0 aliphatic rings. The molecule has 0 aliphatic carbocycles. The molecule has 2 aromatic heterocycles. The quantitative estimate of drug-likeness (QED) is 0.596. The van der Waals surface area contributed by atoms with E-state index >= 15 is 0 Å². The Morgan fingerprint density at radius 2 is 2.16 bits per heavy atom. The van der Waals surface area contributed by atoms with E-state index in [4.69, 9.17) is 11.6 Å². The molecule has 2 heterocycles. The van der Waals surface area contributed by atoms with Crippen molar-refractivity contribution < 1.29 is 4.79 Å². The molecule has 0 N–H and O–H groups in total. The number of nitrogens with zero attached hydrogens (tertiary/aromatic N) is 4. The fourth-order valence-electron chi connectivity index (χ4n) is 2.29. The van der Waals surface area contributed by atoms with Crippen molar-refractivity contribution in [1.82, 2.24) is 19.7 Å². The third kappa shape index (κ3) is 4.42. The maximum Gasteiger partial charge on any atom is 0.233 e. The number of benzene rings is 1. The van der Waals surface area contributed by atoms with Crippen molar-refractivity contribution in [1.29, 1.82) is 0 Å². The van der Waals surface area contributed by atoms with Crippen LogP contribution in [0.15, 0.2) is 46.9 Å². The van der Waals surface area contributed by atoms with Gasteiger partial charge < -0.3 is 9.47 Å². The SMILES string of the molecule is CN(Cc1cccc(Cl)c1)C(=O)CSc1nnc(-c2cccs2)n1C.